The van der Waals surface area contributed by atoms with E-state index in [9.17, 15) is 0 Å². The molecule has 1 heterocycles. The number of anilines is 6. The molecule has 0 radical (unpaired) electrons. The molecule has 1 aliphatic rings. The molecule has 0 saturated carbocycles. The zero-order valence-corrected chi connectivity index (χ0v) is 32.8. The molecule has 10 rings (SSSR count). The van der Waals surface area contributed by atoms with Gasteiger partial charge in [-0.25, -0.2) is 0 Å². The number of nitrogens with zero attached hydrogens (tertiary/aromatic N) is 2. The minimum absolute atomic E-state index is 0.246. The highest BCUT2D eigenvalue weighted by Crippen LogP contribution is 2.53. The van der Waals surface area contributed by atoms with Gasteiger partial charge in [-0.1, -0.05) is 109 Å². The average Bonchev–Trinajstić information content (AvgIpc) is 3.57. The number of furan rings is 1. The highest BCUT2D eigenvalue weighted by atomic mass is 16.3. The average molecular weight is 725 g/mol. The lowest BCUT2D eigenvalue weighted by Gasteiger charge is -2.36. The number of aryl methyl sites for hydroxylation is 4. The van der Waals surface area contributed by atoms with Crippen molar-refractivity contribution in [3.05, 3.63) is 191 Å². The van der Waals surface area contributed by atoms with Crippen LogP contribution in [-0.4, -0.2) is 0 Å². The Hall–Kier alpha value is -6.58. The van der Waals surface area contributed by atoms with Crippen LogP contribution in [-0.2, 0) is 5.41 Å². The van der Waals surface area contributed by atoms with Gasteiger partial charge in [-0.3, -0.25) is 0 Å². The first-order chi connectivity index (χ1) is 27.1. The third-order valence-corrected chi connectivity index (χ3v) is 11.9. The fourth-order valence-electron chi connectivity index (χ4n) is 8.82. The first kappa shape index (κ1) is 33.9. The molecule has 1 aromatic heterocycles. The molecule has 0 N–H and O–H groups in total. The Labute approximate surface area is 329 Å². The lowest BCUT2D eigenvalue weighted by atomic mass is 9.68. The maximum atomic E-state index is 6.83. The summed E-state index contributed by atoms with van der Waals surface area (Å²) in [7, 11) is 0. The van der Waals surface area contributed by atoms with Crippen molar-refractivity contribution in [1.29, 1.82) is 0 Å². The van der Waals surface area contributed by atoms with Gasteiger partial charge in [0, 0.05) is 56.1 Å². The summed E-state index contributed by atoms with van der Waals surface area (Å²) >= 11 is 0. The Balaban J connectivity index is 1.15. The van der Waals surface area contributed by atoms with Gasteiger partial charge in [-0.15, -0.1) is 0 Å². The lowest BCUT2D eigenvalue weighted by molar-refractivity contribution is 0.643. The Bertz CT molecular complexity index is 2860. The van der Waals surface area contributed by atoms with Crippen LogP contribution in [0.1, 0.15) is 47.2 Å². The first-order valence-corrected chi connectivity index (χ1v) is 19.6. The van der Waals surface area contributed by atoms with E-state index in [0.717, 1.165) is 50.4 Å². The van der Waals surface area contributed by atoms with Gasteiger partial charge in [0.15, 0.2) is 0 Å². The Morgan fingerprint density at radius 2 is 0.893 bits per heavy atom. The summed E-state index contributed by atoms with van der Waals surface area (Å²) in [5.41, 5.74) is 18.4. The van der Waals surface area contributed by atoms with E-state index in [0.29, 0.717) is 0 Å². The van der Waals surface area contributed by atoms with E-state index < -0.39 is 0 Å². The molecule has 0 atom stereocenters. The van der Waals surface area contributed by atoms with Gasteiger partial charge in [-0.2, -0.15) is 0 Å². The third kappa shape index (κ3) is 5.41. The van der Waals surface area contributed by atoms with Gasteiger partial charge in [0.05, 0.1) is 5.69 Å². The quantitative estimate of drug-likeness (QED) is 0.170. The van der Waals surface area contributed by atoms with Crippen molar-refractivity contribution in [2.75, 3.05) is 9.80 Å². The van der Waals surface area contributed by atoms with E-state index in [1.165, 1.54) is 61.0 Å². The predicted octanol–water partition coefficient (Wildman–Crippen LogP) is 15.2. The highest BCUT2D eigenvalue weighted by Gasteiger charge is 2.35. The number of rotatable bonds is 6. The van der Waals surface area contributed by atoms with Crippen molar-refractivity contribution in [2.24, 2.45) is 0 Å². The summed E-state index contributed by atoms with van der Waals surface area (Å²) < 4.78 is 6.83. The molecule has 0 unspecified atom stereocenters. The smallest absolute Gasteiger partial charge is 0.137 e. The van der Waals surface area contributed by atoms with Crippen LogP contribution < -0.4 is 9.80 Å². The van der Waals surface area contributed by atoms with Crippen molar-refractivity contribution < 1.29 is 4.42 Å². The van der Waals surface area contributed by atoms with Crippen LogP contribution in [0, 0.1) is 27.7 Å². The largest absolute Gasteiger partial charge is 0.456 e. The molecule has 0 aliphatic heterocycles. The molecule has 0 amide bonds. The summed E-state index contributed by atoms with van der Waals surface area (Å²) in [5.74, 6) is 0. The number of fused-ring (bicyclic) bond motifs is 5. The summed E-state index contributed by atoms with van der Waals surface area (Å²) in [6.45, 7) is 13.3. The molecular weight excluding hydrogens is 681 g/mol. The fraction of sp³-hybridized carbons (Fsp3) is 0.132. The van der Waals surface area contributed by atoms with Gasteiger partial charge in [0.2, 0.25) is 0 Å². The second-order valence-corrected chi connectivity index (χ2v) is 16.2. The molecule has 8 aromatic carbocycles. The molecule has 0 saturated heterocycles. The fourth-order valence-corrected chi connectivity index (χ4v) is 8.82. The van der Waals surface area contributed by atoms with Gasteiger partial charge >= 0.3 is 0 Å². The molecule has 9 aromatic rings. The lowest BCUT2D eigenvalue weighted by Crippen LogP contribution is -2.24. The third-order valence-electron chi connectivity index (χ3n) is 11.9. The number of hydrogen-bond donors (Lipinski definition) is 0. The molecule has 56 heavy (non-hydrogen) atoms. The molecule has 0 bridgehead atoms. The molecule has 272 valence electrons. The normalized spacial score (nSPS) is 13.0. The van der Waals surface area contributed by atoms with Gasteiger partial charge < -0.3 is 14.2 Å². The molecule has 0 spiro atoms. The SMILES string of the molecule is Cc1ccc(N(c2ccc(C)cc2)c2ccc3c(c2)oc2cc4c(cc23)C(C)(C)c2cccc3c(N(c5ccc(C)cc5)c5ccc(C)cc5)ccc-4c23)cc1. The zero-order valence-electron chi connectivity index (χ0n) is 32.8. The summed E-state index contributed by atoms with van der Waals surface area (Å²) in [5, 5.41) is 4.81. The van der Waals surface area contributed by atoms with Crippen LogP contribution in [0.2, 0.25) is 0 Å². The molecule has 1 aliphatic carbocycles. The van der Waals surface area contributed by atoms with E-state index in [-0.39, 0.29) is 5.41 Å². The topological polar surface area (TPSA) is 19.6 Å². The van der Waals surface area contributed by atoms with Crippen molar-refractivity contribution in [1.82, 2.24) is 0 Å². The van der Waals surface area contributed by atoms with Crippen molar-refractivity contribution >= 4 is 66.8 Å². The molecular formula is C53H44N2O. The standard InChI is InChI=1S/C53H44N2O/c1-33-10-18-37(19-11-33)54(38-20-12-34(2)13-21-38)41-26-27-42-46-31-48-45(32-51(46)56-50(42)30-41)43-28-29-49(44-8-7-9-47(52(43)44)53(48,5)6)55(39-22-14-35(3)15-23-39)40-24-16-36(4)17-25-40/h7-32H,1-6H3. The summed E-state index contributed by atoms with van der Waals surface area (Å²) in [6.07, 6.45) is 0. The van der Waals surface area contributed by atoms with Crippen molar-refractivity contribution in [3.63, 3.8) is 0 Å². The molecule has 0 fully saturated rings. The minimum Gasteiger partial charge on any atom is -0.456 e. The van der Waals surface area contributed by atoms with Crippen molar-refractivity contribution in [3.8, 4) is 11.1 Å². The van der Waals surface area contributed by atoms with Crippen LogP contribution in [0.3, 0.4) is 0 Å². The van der Waals surface area contributed by atoms with E-state index in [1.807, 2.05) is 0 Å². The first-order valence-electron chi connectivity index (χ1n) is 19.6. The Morgan fingerprint density at radius 1 is 0.393 bits per heavy atom. The van der Waals surface area contributed by atoms with Gasteiger partial charge in [0.1, 0.15) is 11.2 Å². The second kappa shape index (κ2) is 12.7. The summed E-state index contributed by atoms with van der Waals surface area (Å²) in [4.78, 5) is 4.71. The monoisotopic (exact) mass is 724 g/mol. The van der Waals surface area contributed by atoms with E-state index in [2.05, 4.69) is 209 Å². The maximum absolute atomic E-state index is 6.83. The maximum Gasteiger partial charge on any atom is 0.137 e. The Kier molecular flexibility index (Phi) is 7.73. The molecule has 3 nitrogen and oxygen atoms in total. The second-order valence-electron chi connectivity index (χ2n) is 16.2. The zero-order chi connectivity index (χ0) is 38.3. The van der Waals surface area contributed by atoms with E-state index in [4.69, 9.17) is 4.42 Å². The van der Waals surface area contributed by atoms with E-state index in [1.54, 1.807) is 0 Å². The van der Waals surface area contributed by atoms with Crippen LogP contribution in [0.4, 0.5) is 34.1 Å². The van der Waals surface area contributed by atoms with Crippen LogP contribution in [0.15, 0.2) is 162 Å². The predicted molar refractivity (Wildman–Crippen MR) is 237 cm³/mol. The Morgan fingerprint density at radius 3 is 1.45 bits per heavy atom. The van der Waals surface area contributed by atoms with Crippen LogP contribution in [0.5, 0.6) is 0 Å². The highest BCUT2D eigenvalue weighted by molar-refractivity contribution is 6.13. The van der Waals surface area contributed by atoms with Gasteiger partial charge in [0.25, 0.3) is 0 Å². The number of benzene rings is 8. The van der Waals surface area contributed by atoms with Crippen molar-refractivity contribution in [2.45, 2.75) is 47.0 Å². The molecule has 3 heteroatoms. The van der Waals surface area contributed by atoms with Crippen LogP contribution >= 0.6 is 0 Å². The minimum atomic E-state index is -0.246. The number of hydrogen-bond acceptors (Lipinski definition) is 3. The summed E-state index contributed by atoms with van der Waals surface area (Å²) in [6, 6.07) is 58.0. The van der Waals surface area contributed by atoms with Gasteiger partial charge in [-0.05, 0) is 134 Å². The van der Waals surface area contributed by atoms with E-state index >= 15 is 0 Å². The van der Waals surface area contributed by atoms with Crippen LogP contribution in [0.25, 0.3) is 43.8 Å².